The first-order valence-corrected chi connectivity index (χ1v) is 3.69. The second kappa shape index (κ2) is 2.67. The van der Waals surface area contributed by atoms with E-state index in [1.54, 1.807) is 6.07 Å². The molecule has 0 N–H and O–H groups in total. The van der Waals surface area contributed by atoms with Crippen LogP contribution in [0.5, 0.6) is 0 Å². The summed E-state index contributed by atoms with van der Waals surface area (Å²) in [5.41, 5.74) is 0.530. The minimum absolute atomic E-state index is 0.0931. The van der Waals surface area contributed by atoms with Crippen LogP contribution < -0.4 is 0 Å². The molecule has 0 saturated carbocycles. The molecule has 0 fully saturated rings. The van der Waals surface area contributed by atoms with Crippen LogP contribution in [-0.2, 0) is 0 Å². The number of benzene rings is 1. The number of nitro groups is 1. The Balaban J connectivity index is 2.84. The molecule has 0 atom stereocenters. The van der Waals surface area contributed by atoms with E-state index in [9.17, 15) is 10.1 Å². The highest BCUT2D eigenvalue weighted by molar-refractivity contribution is 6.18. The molecular formula is C6H3ClN4O2. The van der Waals surface area contributed by atoms with Crippen LogP contribution in [0.2, 0.25) is 0 Å². The Kier molecular flexibility index (Phi) is 1.63. The maximum atomic E-state index is 10.5. The van der Waals surface area contributed by atoms with Gasteiger partial charge in [0, 0.05) is 17.8 Å². The van der Waals surface area contributed by atoms with Crippen LogP contribution in [0, 0.1) is 10.1 Å². The summed E-state index contributed by atoms with van der Waals surface area (Å²) in [7, 11) is 0. The average Bonchev–Trinajstić information content (AvgIpc) is 2.48. The van der Waals surface area contributed by atoms with Gasteiger partial charge in [-0.1, -0.05) is 6.07 Å². The maximum absolute atomic E-state index is 10.5. The molecule has 1 aromatic carbocycles. The standard InChI is InChI=1S/C6H3ClN4O2/c7-10-4-2-1-3-5(11(12)13)6(4)8-9-10/h1-3H. The van der Waals surface area contributed by atoms with Crippen molar-refractivity contribution in [3.05, 3.63) is 28.3 Å². The van der Waals surface area contributed by atoms with E-state index in [0.717, 1.165) is 4.20 Å². The number of hydrogen-bond acceptors (Lipinski definition) is 4. The topological polar surface area (TPSA) is 73.8 Å². The van der Waals surface area contributed by atoms with Crippen molar-refractivity contribution in [1.29, 1.82) is 0 Å². The summed E-state index contributed by atoms with van der Waals surface area (Å²) >= 11 is 5.57. The maximum Gasteiger partial charge on any atom is 0.299 e. The van der Waals surface area contributed by atoms with Crippen LogP contribution in [0.3, 0.4) is 0 Å². The van der Waals surface area contributed by atoms with Gasteiger partial charge in [0.25, 0.3) is 5.69 Å². The highest BCUT2D eigenvalue weighted by Gasteiger charge is 2.15. The second-order valence-electron chi connectivity index (χ2n) is 2.35. The lowest BCUT2D eigenvalue weighted by Gasteiger charge is -1.90. The molecule has 0 amide bonds. The normalized spacial score (nSPS) is 10.5. The van der Waals surface area contributed by atoms with Crippen LogP contribution >= 0.6 is 11.8 Å². The van der Waals surface area contributed by atoms with E-state index >= 15 is 0 Å². The molecular weight excluding hydrogens is 196 g/mol. The molecule has 0 spiro atoms. The highest BCUT2D eigenvalue weighted by Crippen LogP contribution is 2.22. The number of halogens is 1. The van der Waals surface area contributed by atoms with E-state index in [0.29, 0.717) is 5.52 Å². The third-order valence-corrected chi connectivity index (χ3v) is 1.86. The van der Waals surface area contributed by atoms with Crippen molar-refractivity contribution >= 4 is 28.5 Å². The number of rotatable bonds is 1. The van der Waals surface area contributed by atoms with Crippen LogP contribution in [0.1, 0.15) is 0 Å². The Labute approximate surface area is 77.0 Å². The van der Waals surface area contributed by atoms with Gasteiger partial charge in [0.2, 0.25) is 0 Å². The molecule has 2 rings (SSSR count). The zero-order valence-electron chi connectivity index (χ0n) is 6.22. The Hall–Kier alpha value is -1.69. The van der Waals surface area contributed by atoms with E-state index in [2.05, 4.69) is 10.3 Å². The molecule has 0 unspecified atom stereocenters. The predicted octanol–water partition coefficient (Wildman–Crippen LogP) is 1.34. The number of nitro benzene ring substituents is 1. The van der Waals surface area contributed by atoms with Gasteiger partial charge in [-0.3, -0.25) is 10.1 Å². The quantitative estimate of drug-likeness (QED) is 0.512. The zero-order chi connectivity index (χ0) is 9.42. The van der Waals surface area contributed by atoms with Crippen LogP contribution in [0.4, 0.5) is 5.69 Å². The van der Waals surface area contributed by atoms with Gasteiger partial charge in [-0.25, -0.2) is 0 Å². The van der Waals surface area contributed by atoms with Gasteiger partial charge in [0.1, 0.15) is 5.52 Å². The highest BCUT2D eigenvalue weighted by atomic mass is 35.5. The number of nitrogens with zero attached hydrogens (tertiary/aromatic N) is 4. The zero-order valence-corrected chi connectivity index (χ0v) is 6.97. The molecule has 7 heteroatoms. The van der Waals surface area contributed by atoms with Gasteiger partial charge >= 0.3 is 0 Å². The number of hydrogen-bond donors (Lipinski definition) is 0. The smallest absolute Gasteiger partial charge is 0.258 e. The number of aromatic nitrogens is 3. The van der Waals surface area contributed by atoms with E-state index in [4.69, 9.17) is 11.8 Å². The van der Waals surface area contributed by atoms with Crippen LogP contribution in [0.15, 0.2) is 18.2 Å². The molecule has 0 saturated heterocycles. The van der Waals surface area contributed by atoms with Crippen molar-refractivity contribution < 1.29 is 4.92 Å². The van der Waals surface area contributed by atoms with Crippen molar-refractivity contribution in [3.63, 3.8) is 0 Å². The first-order chi connectivity index (χ1) is 6.20. The molecule has 66 valence electrons. The van der Waals surface area contributed by atoms with E-state index in [1.165, 1.54) is 12.1 Å². The minimum Gasteiger partial charge on any atom is -0.258 e. The lowest BCUT2D eigenvalue weighted by Crippen LogP contribution is -1.88. The summed E-state index contributed by atoms with van der Waals surface area (Å²) in [6, 6.07) is 4.49. The molecule has 13 heavy (non-hydrogen) atoms. The molecule has 0 radical (unpaired) electrons. The fourth-order valence-electron chi connectivity index (χ4n) is 1.05. The van der Waals surface area contributed by atoms with Crippen molar-refractivity contribution in [1.82, 2.24) is 14.5 Å². The van der Waals surface area contributed by atoms with E-state index in [1.807, 2.05) is 0 Å². The average molecular weight is 199 g/mol. The number of fused-ring (bicyclic) bond motifs is 1. The Morgan fingerprint density at radius 1 is 1.54 bits per heavy atom. The van der Waals surface area contributed by atoms with Gasteiger partial charge in [-0.05, 0) is 11.3 Å². The molecule has 0 aliphatic carbocycles. The second-order valence-corrected chi connectivity index (χ2v) is 2.67. The molecule has 1 heterocycles. The summed E-state index contributed by atoms with van der Waals surface area (Å²) in [5.74, 6) is 0. The van der Waals surface area contributed by atoms with Crippen LogP contribution in [-0.4, -0.2) is 19.4 Å². The molecule has 1 aromatic heterocycles. The van der Waals surface area contributed by atoms with Crippen molar-refractivity contribution in [2.75, 3.05) is 0 Å². The molecule has 0 aliphatic rings. The minimum atomic E-state index is -0.520. The molecule has 2 aromatic rings. The fraction of sp³-hybridized carbons (Fsp3) is 0. The summed E-state index contributed by atoms with van der Waals surface area (Å²) in [6.45, 7) is 0. The fourth-order valence-corrected chi connectivity index (χ4v) is 1.22. The Bertz CT molecular complexity index is 480. The van der Waals surface area contributed by atoms with Gasteiger partial charge < -0.3 is 0 Å². The summed E-state index contributed by atoms with van der Waals surface area (Å²) in [4.78, 5) is 9.99. The Morgan fingerprint density at radius 3 is 3.00 bits per heavy atom. The van der Waals surface area contributed by atoms with E-state index < -0.39 is 4.92 Å². The SMILES string of the molecule is O=[N+]([O-])c1cccc2c1nnn2Cl. The molecule has 0 bridgehead atoms. The third kappa shape index (κ3) is 1.11. The Morgan fingerprint density at radius 2 is 2.31 bits per heavy atom. The lowest BCUT2D eigenvalue weighted by atomic mass is 10.3. The first-order valence-electron chi connectivity index (χ1n) is 3.35. The van der Waals surface area contributed by atoms with Crippen molar-refractivity contribution in [3.8, 4) is 0 Å². The molecule has 0 aliphatic heterocycles. The monoisotopic (exact) mass is 198 g/mol. The molecule has 6 nitrogen and oxygen atoms in total. The lowest BCUT2D eigenvalue weighted by molar-refractivity contribution is -0.383. The van der Waals surface area contributed by atoms with Gasteiger partial charge in [0.05, 0.1) is 4.92 Å². The van der Waals surface area contributed by atoms with Gasteiger partial charge in [-0.2, -0.15) is 4.20 Å². The van der Waals surface area contributed by atoms with E-state index in [-0.39, 0.29) is 11.2 Å². The first kappa shape index (κ1) is 7.93. The summed E-state index contributed by atoms with van der Waals surface area (Å²) < 4.78 is 0.975. The van der Waals surface area contributed by atoms with Crippen molar-refractivity contribution in [2.24, 2.45) is 0 Å². The van der Waals surface area contributed by atoms with Crippen molar-refractivity contribution in [2.45, 2.75) is 0 Å². The third-order valence-electron chi connectivity index (χ3n) is 1.61. The predicted molar refractivity (Wildman–Crippen MR) is 45.4 cm³/mol. The van der Waals surface area contributed by atoms with Crippen LogP contribution in [0.25, 0.3) is 11.0 Å². The summed E-state index contributed by atoms with van der Waals surface area (Å²) in [5, 5.41) is 17.6. The largest absolute Gasteiger partial charge is 0.299 e. The number of non-ortho nitro benzene ring substituents is 1. The van der Waals surface area contributed by atoms with Gasteiger partial charge in [-0.15, -0.1) is 5.10 Å². The summed E-state index contributed by atoms with van der Waals surface area (Å²) in [6.07, 6.45) is 0. The van der Waals surface area contributed by atoms with Gasteiger partial charge in [0.15, 0.2) is 5.52 Å².